The van der Waals surface area contributed by atoms with Crippen LogP contribution in [0.15, 0.2) is 36.7 Å². The number of nitrogens with one attached hydrogen (secondary N) is 1. The van der Waals surface area contributed by atoms with Gasteiger partial charge in [-0.05, 0) is 18.9 Å². The molecule has 30 heavy (non-hydrogen) atoms. The predicted molar refractivity (Wildman–Crippen MR) is 112 cm³/mol. The Morgan fingerprint density at radius 2 is 2.17 bits per heavy atom. The highest BCUT2D eigenvalue weighted by Gasteiger charge is 2.33. The molecular formula is C22H28N5O3+. The van der Waals surface area contributed by atoms with Crippen LogP contribution in [0.3, 0.4) is 0 Å². The standard InChI is InChI=1S/C22H27N5O3/c1-15-26(11-12-27(15)14-30-22(29)24-10-9-23)13-16-7-8-19-20(21(16)28)17-5-3-4-6-18(17)25(19)2/h3-6,11-12,16H,7-10,13-14,23H2,1-2H3/p+1. The fourth-order valence-electron chi connectivity index (χ4n) is 4.30. The topological polar surface area (TPSA) is 95.2 Å². The maximum Gasteiger partial charge on any atom is 0.410 e. The number of ketones is 1. The van der Waals surface area contributed by atoms with Crippen molar-refractivity contribution in [2.45, 2.75) is 33.0 Å². The molecule has 0 saturated heterocycles. The minimum atomic E-state index is -0.494. The monoisotopic (exact) mass is 410 g/mol. The predicted octanol–water partition coefficient (Wildman–Crippen LogP) is 1.66. The number of alkyl carbamates (subject to hydrolysis) is 1. The van der Waals surface area contributed by atoms with Gasteiger partial charge in [0.05, 0.1) is 5.92 Å². The van der Waals surface area contributed by atoms with E-state index in [1.54, 1.807) is 0 Å². The van der Waals surface area contributed by atoms with E-state index in [0.717, 1.165) is 40.8 Å². The number of hydrogen-bond acceptors (Lipinski definition) is 4. The number of carbonyl (C=O) groups is 2. The molecule has 1 atom stereocenters. The molecule has 0 fully saturated rings. The number of nitrogens with two attached hydrogens (primary N) is 1. The van der Waals surface area contributed by atoms with E-state index in [9.17, 15) is 9.59 Å². The van der Waals surface area contributed by atoms with E-state index in [1.165, 1.54) is 0 Å². The van der Waals surface area contributed by atoms with Gasteiger partial charge in [0.2, 0.25) is 6.73 Å². The summed E-state index contributed by atoms with van der Waals surface area (Å²) < 4.78 is 11.3. The highest BCUT2D eigenvalue weighted by molar-refractivity contribution is 6.11. The van der Waals surface area contributed by atoms with Gasteiger partial charge in [-0.1, -0.05) is 18.2 Å². The first-order chi connectivity index (χ1) is 14.5. The van der Waals surface area contributed by atoms with Crippen LogP contribution in [0.25, 0.3) is 10.9 Å². The maximum absolute atomic E-state index is 13.4. The summed E-state index contributed by atoms with van der Waals surface area (Å²) in [4.78, 5) is 25.0. The number of amides is 1. The van der Waals surface area contributed by atoms with Gasteiger partial charge in [0.15, 0.2) is 5.78 Å². The van der Waals surface area contributed by atoms with Gasteiger partial charge in [-0.25, -0.2) is 9.36 Å². The lowest BCUT2D eigenvalue weighted by molar-refractivity contribution is -0.732. The highest BCUT2D eigenvalue weighted by Crippen LogP contribution is 2.34. The van der Waals surface area contributed by atoms with Gasteiger partial charge in [-0.2, -0.15) is 4.57 Å². The third-order valence-electron chi connectivity index (χ3n) is 6.00. The molecule has 1 amide bonds. The van der Waals surface area contributed by atoms with E-state index >= 15 is 0 Å². The number of aromatic nitrogens is 3. The Morgan fingerprint density at radius 1 is 1.37 bits per heavy atom. The van der Waals surface area contributed by atoms with Crippen molar-refractivity contribution >= 4 is 22.8 Å². The van der Waals surface area contributed by atoms with Crippen molar-refractivity contribution in [3.05, 3.63) is 53.7 Å². The van der Waals surface area contributed by atoms with Crippen LogP contribution in [0.2, 0.25) is 0 Å². The number of benzene rings is 1. The smallest absolute Gasteiger partial charge is 0.409 e. The number of imidazole rings is 1. The van der Waals surface area contributed by atoms with Gasteiger partial charge in [0.25, 0.3) is 5.82 Å². The Labute approximate surface area is 175 Å². The normalized spacial score (nSPS) is 16.0. The average molecular weight is 410 g/mol. The molecule has 0 aliphatic heterocycles. The van der Waals surface area contributed by atoms with E-state index in [2.05, 4.69) is 20.5 Å². The number of aryl methyl sites for hydroxylation is 1. The van der Waals surface area contributed by atoms with Crippen LogP contribution < -0.4 is 15.6 Å². The summed E-state index contributed by atoms with van der Waals surface area (Å²) in [5.74, 6) is 1.07. The van der Waals surface area contributed by atoms with Crippen molar-refractivity contribution in [2.75, 3.05) is 13.1 Å². The van der Waals surface area contributed by atoms with Gasteiger partial charge < -0.3 is 20.4 Å². The molecule has 2 aromatic heterocycles. The van der Waals surface area contributed by atoms with Crippen LogP contribution in [0.5, 0.6) is 0 Å². The lowest BCUT2D eigenvalue weighted by Gasteiger charge is -2.21. The molecule has 1 aliphatic rings. The maximum atomic E-state index is 13.4. The summed E-state index contributed by atoms with van der Waals surface area (Å²) in [6.45, 7) is 3.42. The third-order valence-corrected chi connectivity index (χ3v) is 6.00. The summed E-state index contributed by atoms with van der Waals surface area (Å²) in [6.07, 6.45) is 5.02. The largest absolute Gasteiger partial charge is 0.410 e. The van der Waals surface area contributed by atoms with Crippen LogP contribution in [0.4, 0.5) is 4.79 Å². The van der Waals surface area contributed by atoms with Crippen molar-refractivity contribution in [1.29, 1.82) is 0 Å². The van der Waals surface area contributed by atoms with Crippen LogP contribution in [0, 0.1) is 12.8 Å². The van der Waals surface area contributed by atoms with Gasteiger partial charge in [-0.15, -0.1) is 0 Å². The zero-order valence-electron chi connectivity index (χ0n) is 17.4. The zero-order chi connectivity index (χ0) is 21.3. The molecule has 1 aliphatic carbocycles. The van der Waals surface area contributed by atoms with Crippen molar-refractivity contribution in [1.82, 2.24) is 14.5 Å². The molecule has 4 rings (SSSR count). The molecule has 3 N–H and O–H groups in total. The second-order valence-corrected chi connectivity index (χ2v) is 7.74. The molecule has 0 radical (unpaired) electrons. The molecule has 3 aromatic rings. The number of para-hydroxylation sites is 1. The molecular weight excluding hydrogens is 382 g/mol. The van der Waals surface area contributed by atoms with Gasteiger partial charge in [-0.3, -0.25) is 4.79 Å². The van der Waals surface area contributed by atoms with Gasteiger partial charge >= 0.3 is 6.09 Å². The number of fused-ring (bicyclic) bond motifs is 3. The number of rotatable bonds is 6. The van der Waals surface area contributed by atoms with E-state index in [0.29, 0.717) is 19.6 Å². The quantitative estimate of drug-likeness (QED) is 0.604. The lowest BCUT2D eigenvalue weighted by atomic mass is 9.85. The molecule has 1 aromatic carbocycles. The number of ether oxygens (including phenoxy) is 1. The Balaban J connectivity index is 1.48. The summed E-state index contributed by atoms with van der Waals surface area (Å²) in [5.41, 5.74) is 8.48. The number of hydrogen-bond donors (Lipinski definition) is 2. The zero-order valence-corrected chi connectivity index (χ0v) is 17.4. The van der Waals surface area contributed by atoms with Crippen molar-refractivity contribution < 1.29 is 18.9 Å². The number of nitrogens with zero attached hydrogens (tertiary/aromatic N) is 3. The fraction of sp³-hybridized carbons (Fsp3) is 0.409. The minimum Gasteiger partial charge on any atom is -0.409 e. The Bertz CT molecular complexity index is 1100. The van der Waals surface area contributed by atoms with Crippen molar-refractivity contribution in [3.63, 3.8) is 0 Å². The van der Waals surface area contributed by atoms with E-state index < -0.39 is 6.09 Å². The second kappa shape index (κ2) is 8.31. The van der Waals surface area contributed by atoms with Crippen LogP contribution in [0.1, 0.15) is 28.3 Å². The first-order valence-electron chi connectivity index (χ1n) is 10.3. The number of Topliss-reactive ketones (excluding diaryl/α,β-unsaturated/α-hetero) is 1. The van der Waals surface area contributed by atoms with Gasteiger partial charge in [0.1, 0.15) is 18.9 Å². The minimum absolute atomic E-state index is 0.0726. The van der Waals surface area contributed by atoms with E-state index in [-0.39, 0.29) is 18.4 Å². The summed E-state index contributed by atoms with van der Waals surface area (Å²) in [5, 5.41) is 3.62. The van der Waals surface area contributed by atoms with E-state index in [1.807, 2.05) is 49.1 Å². The van der Waals surface area contributed by atoms with Crippen molar-refractivity contribution in [2.24, 2.45) is 18.7 Å². The summed E-state index contributed by atoms with van der Waals surface area (Å²) in [6, 6.07) is 8.10. The second-order valence-electron chi connectivity index (χ2n) is 7.74. The third kappa shape index (κ3) is 3.59. The Morgan fingerprint density at radius 3 is 2.97 bits per heavy atom. The molecule has 0 spiro atoms. The molecule has 8 nitrogen and oxygen atoms in total. The molecule has 158 valence electrons. The summed E-state index contributed by atoms with van der Waals surface area (Å²) >= 11 is 0. The summed E-state index contributed by atoms with van der Waals surface area (Å²) in [7, 11) is 2.04. The van der Waals surface area contributed by atoms with Gasteiger partial charge in [0, 0.05) is 49.2 Å². The van der Waals surface area contributed by atoms with Crippen LogP contribution in [-0.2, 0) is 31.5 Å². The van der Waals surface area contributed by atoms with Crippen LogP contribution >= 0.6 is 0 Å². The Kier molecular flexibility index (Phi) is 5.59. The molecule has 1 unspecified atom stereocenters. The average Bonchev–Trinajstić information content (AvgIpc) is 3.25. The lowest BCUT2D eigenvalue weighted by Crippen LogP contribution is -2.40. The highest BCUT2D eigenvalue weighted by atomic mass is 16.6. The first kappa shape index (κ1) is 20.2. The van der Waals surface area contributed by atoms with Crippen LogP contribution in [-0.4, -0.2) is 34.1 Å². The molecule has 8 heteroatoms. The SMILES string of the molecule is Cc1n(CC2CCc3c(c4ccccc4n3C)C2=O)cc[n+]1COC(=O)NCCN. The molecule has 2 heterocycles. The molecule has 0 bridgehead atoms. The molecule has 0 saturated carbocycles. The number of carbonyl (C=O) groups excluding carboxylic acids is 2. The first-order valence-corrected chi connectivity index (χ1v) is 10.3. The fourth-order valence-corrected chi connectivity index (χ4v) is 4.30. The van der Waals surface area contributed by atoms with Crippen molar-refractivity contribution in [3.8, 4) is 0 Å². The van der Waals surface area contributed by atoms with E-state index in [4.69, 9.17) is 10.5 Å². The Hall–Kier alpha value is -3.13.